The van der Waals surface area contributed by atoms with E-state index in [2.05, 4.69) is 173 Å². The van der Waals surface area contributed by atoms with E-state index < -0.39 is 0 Å². The van der Waals surface area contributed by atoms with Crippen molar-refractivity contribution in [2.24, 2.45) is 0 Å². The number of hydrogen-bond acceptors (Lipinski definition) is 5. The average molecular weight is 919 g/mol. The van der Waals surface area contributed by atoms with Crippen LogP contribution in [0.2, 0.25) is 0 Å². The van der Waals surface area contributed by atoms with Crippen molar-refractivity contribution in [3.8, 4) is 17.3 Å². The van der Waals surface area contributed by atoms with Crippen LogP contribution in [0.4, 0.5) is 11.4 Å². The standard InChI is InChI=1S/C48H43N4OS.Pt/c1-30(2)36-15-11-16-37(31(3)4)46(36)51-25-24-50(29-51)33-12-10-13-34(27-33)53-35-18-19-38-39-20-21-43-45(40-14-8-9-17-42(40)54-43)47(39)52(41(38)28-35)44-26-32(22-23-49-44)48(5,6)7;/h8-26,29-31H,1-7H3;/q-3;. The molecule has 0 saturated heterocycles. The van der Waals surface area contributed by atoms with E-state index in [0.29, 0.717) is 23.3 Å². The van der Waals surface area contributed by atoms with Gasteiger partial charge in [0.15, 0.2) is 0 Å². The summed E-state index contributed by atoms with van der Waals surface area (Å²) in [6, 6.07) is 41.6. The largest absolute Gasteiger partial charge is 0.509 e. The Kier molecular flexibility index (Phi) is 9.64. The van der Waals surface area contributed by atoms with Crippen LogP contribution in [-0.4, -0.2) is 9.55 Å². The van der Waals surface area contributed by atoms with Gasteiger partial charge < -0.3 is 19.1 Å². The SMILES string of the molecule is CC(C)c1cccc(C(C)C)c1N1C=CN(c2[c-]c(Oc3[c-]c4c(cc3)c3ccc5sc6ccccc6c5c3n4-c3cc(C(C)(C)C)ccn3)ccc2)[CH-]1.[Pt]. The van der Waals surface area contributed by atoms with Crippen molar-refractivity contribution in [3.05, 3.63) is 151 Å². The van der Waals surface area contributed by atoms with E-state index in [1.54, 1.807) is 0 Å². The minimum atomic E-state index is -0.0345. The Labute approximate surface area is 342 Å². The second kappa shape index (κ2) is 14.3. The van der Waals surface area contributed by atoms with Crippen molar-refractivity contribution >= 4 is 64.7 Å². The molecule has 55 heavy (non-hydrogen) atoms. The van der Waals surface area contributed by atoms with Gasteiger partial charge in [0.05, 0.1) is 5.52 Å². The molecule has 0 bridgehead atoms. The molecule has 5 nitrogen and oxygen atoms in total. The van der Waals surface area contributed by atoms with Crippen LogP contribution in [0.25, 0.3) is 47.8 Å². The fourth-order valence-electron chi connectivity index (χ4n) is 7.72. The maximum atomic E-state index is 6.59. The molecule has 0 atom stereocenters. The molecule has 0 saturated carbocycles. The number of ether oxygens (including phenoxy) is 1. The smallest absolute Gasteiger partial charge is 0.135 e. The van der Waals surface area contributed by atoms with Gasteiger partial charge >= 0.3 is 0 Å². The van der Waals surface area contributed by atoms with Gasteiger partial charge in [0, 0.05) is 64.6 Å². The predicted molar refractivity (Wildman–Crippen MR) is 227 cm³/mol. The number of rotatable bonds is 7. The fraction of sp³-hybridized carbons (Fsp3) is 0.208. The summed E-state index contributed by atoms with van der Waals surface area (Å²) < 4.78 is 11.4. The molecule has 0 radical (unpaired) electrons. The molecule has 9 rings (SSSR count). The number of pyridine rings is 1. The van der Waals surface area contributed by atoms with Gasteiger partial charge in [0.25, 0.3) is 0 Å². The number of benzene rings is 5. The summed E-state index contributed by atoms with van der Waals surface area (Å²) in [5, 5.41) is 4.77. The minimum absolute atomic E-state index is 0. The van der Waals surface area contributed by atoms with Gasteiger partial charge in [0.1, 0.15) is 5.82 Å². The number of nitrogens with zero attached hydrogens (tertiary/aromatic N) is 4. The Morgan fingerprint density at radius 2 is 1.42 bits per heavy atom. The van der Waals surface area contributed by atoms with Crippen molar-refractivity contribution in [2.75, 3.05) is 9.80 Å². The molecule has 3 aromatic heterocycles. The van der Waals surface area contributed by atoms with E-state index in [1.165, 1.54) is 47.9 Å². The molecule has 0 amide bonds. The van der Waals surface area contributed by atoms with Crippen molar-refractivity contribution in [3.63, 3.8) is 0 Å². The molecule has 8 aromatic rings. The van der Waals surface area contributed by atoms with Gasteiger partial charge in [-0.15, -0.1) is 59.4 Å². The van der Waals surface area contributed by atoms with Gasteiger partial charge in [-0.25, -0.2) is 4.98 Å². The van der Waals surface area contributed by atoms with Crippen LogP contribution in [-0.2, 0) is 26.5 Å². The molecule has 1 aliphatic rings. The maximum absolute atomic E-state index is 6.59. The molecule has 0 fully saturated rings. The minimum Gasteiger partial charge on any atom is -0.509 e. The maximum Gasteiger partial charge on any atom is 0.135 e. The number of aromatic nitrogens is 2. The van der Waals surface area contributed by atoms with E-state index in [9.17, 15) is 0 Å². The monoisotopic (exact) mass is 918 g/mol. The number of thiophene rings is 1. The Morgan fingerprint density at radius 3 is 2.18 bits per heavy atom. The van der Waals surface area contributed by atoms with Gasteiger partial charge in [-0.2, -0.15) is 12.1 Å². The second-order valence-corrected chi connectivity index (χ2v) is 16.9. The van der Waals surface area contributed by atoms with Gasteiger partial charge in [0.2, 0.25) is 0 Å². The summed E-state index contributed by atoms with van der Waals surface area (Å²) in [4.78, 5) is 9.31. The van der Waals surface area contributed by atoms with Gasteiger partial charge in [-0.3, -0.25) is 0 Å². The zero-order chi connectivity index (χ0) is 37.3. The van der Waals surface area contributed by atoms with Crippen LogP contribution in [0.15, 0.2) is 116 Å². The van der Waals surface area contributed by atoms with E-state index in [4.69, 9.17) is 9.72 Å². The third-order valence-corrected chi connectivity index (χ3v) is 11.6. The number of fused-ring (bicyclic) bond motifs is 7. The number of para-hydroxylation sites is 1. The van der Waals surface area contributed by atoms with Crippen LogP contribution in [0.5, 0.6) is 11.5 Å². The van der Waals surface area contributed by atoms with E-state index in [1.807, 2.05) is 35.7 Å². The van der Waals surface area contributed by atoms with Crippen molar-refractivity contribution < 1.29 is 25.8 Å². The molecule has 4 heterocycles. The Hall–Kier alpha value is -4.90. The third-order valence-electron chi connectivity index (χ3n) is 10.5. The molecule has 0 unspecified atom stereocenters. The molecule has 280 valence electrons. The summed E-state index contributed by atoms with van der Waals surface area (Å²) in [5.74, 6) is 2.91. The zero-order valence-electron chi connectivity index (χ0n) is 32.1. The quantitative estimate of drug-likeness (QED) is 0.149. The molecule has 5 aromatic carbocycles. The first kappa shape index (κ1) is 37.0. The molecule has 7 heteroatoms. The molecule has 0 spiro atoms. The normalized spacial score (nSPS) is 13.3. The van der Waals surface area contributed by atoms with Crippen LogP contribution in [0.3, 0.4) is 0 Å². The van der Waals surface area contributed by atoms with Crippen molar-refractivity contribution in [1.29, 1.82) is 0 Å². The summed E-state index contributed by atoms with van der Waals surface area (Å²) in [5.41, 5.74) is 8.07. The van der Waals surface area contributed by atoms with Crippen molar-refractivity contribution in [1.82, 2.24) is 9.55 Å². The third kappa shape index (κ3) is 6.53. The summed E-state index contributed by atoms with van der Waals surface area (Å²) in [6.07, 6.45) is 6.14. The first-order valence-electron chi connectivity index (χ1n) is 18.8. The first-order valence-corrected chi connectivity index (χ1v) is 19.6. The fourth-order valence-corrected chi connectivity index (χ4v) is 8.83. The Balaban J connectivity index is 0.00000427. The predicted octanol–water partition coefficient (Wildman–Crippen LogP) is 13.4. The van der Waals surface area contributed by atoms with Crippen molar-refractivity contribution in [2.45, 2.75) is 65.7 Å². The Morgan fingerprint density at radius 1 is 0.709 bits per heavy atom. The molecule has 1 aliphatic heterocycles. The summed E-state index contributed by atoms with van der Waals surface area (Å²) in [7, 11) is 0. The molecular weight excluding hydrogens is 876 g/mol. The van der Waals surface area contributed by atoms with Crippen LogP contribution in [0.1, 0.15) is 77.0 Å². The number of hydrogen-bond donors (Lipinski definition) is 0. The second-order valence-electron chi connectivity index (χ2n) is 15.8. The summed E-state index contributed by atoms with van der Waals surface area (Å²) in [6.45, 7) is 17.9. The van der Waals surface area contributed by atoms with Crippen LogP contribution >= 0.6 is 11.3 Å². The number of anilines is 2. The zero-order valence-corrected chi connectivity index (χ0v) is 35.2. The molecular formula is C48H43N4OPtS-3. The van der Waals surface area contributed by atoms with E-state index >= 15 is 0 Å². The van der Waals surface area contributed by atoms with E-state index in [-0.39, 0.29) is 26.5 Å². The van der Waals surface area contributed by atoms with Crippen LogP contribution < -0.4 is 14.5 Å². The van der Waals surface area contributed by atoms with Gasteiger partial charge in [-0.1, -0.05) is 96.4 Å². The first-order chi connectivity index (χ1) is 26.0. The molecule has 0 aliphatic carbocycles. The molecule has 0 N–H and O–H groups in total. The summed E-state index contributed by atoms with van der Waals surface area (Å²) >= 11 is 1.83. The topological polar surface area (TPSA) is 33.5 Å². The Bertz CT molecular complexity index is 2730. The van der Waals surface area contributed by atoms with Gasteiger partial charge in [-0.05, 0) is 76.0 Å². The van der Waals surface area contributed by atoms with Crippen LogP contribution in [0, 0.1) is 18.8 Å². The van der Waals surface area contributed by atoms with E-state index in [0.717, 1.165) is 27.9 Å². The average Bonchev–Trinajstić information content (AvgIpc) is 3.88.